The van der Waals surface area contributed by atoms with E-state index >= 15 is 0 Å². The van der Waals surface area contributed by atoms with Crippen LogP contribution in [-0.2, 0) is 5.60 Å². The van der Waals surface area contributed by atoms with Gasteiger partial charge < -0.3 is 5.11 Å². The zero-order valence-electron chi connectivity index (χ0n) is 11.8. The van der Waals surface area contributed by atoms with Gasteiger partial charge in [0.25, 0.3) is 0 Å². The normalized spacial score (nSPS) is 26.5. The molecule has 2 aromatic rings. The summed E-state index contributed by atoms with van der Waals surface area (Å²) >= 11 is 0. The predicted molar refractivity (Wildman–Crippen MR) is 80.1 cm³/mol. The molecule has 0 bridgehead atoms. The maximum atomic E-state index is 11.0. The number of aliphatic hydroxyl groups is 1. The van der Waals surface area contributed by atoms with Crippen LogP contribution in [-0.4, -0.2) is 5.11 Å². The fraction of sp³-hybridized carbons (Fsp3) is 0.444. The van der Waals surface area contributed by atoms with Crippen LogP contribution in [0, 0.1) is 5.41 Å². The second-order valence-corrected chi connectivity index (χ2v) is 6.79. The molecule has 1 aliphatic rings. The van der Waals surface area contributed by atoms with Gasteiger partial charge in [0, 0.05) is 0 Å². The first-order valence-electron chi connectivity index (χ1n) is 7.20. The molecule has 1 nitrogen and oxygen atoms in total. The number of hydrogen-bond donors (Lipinski definition) is 1. The lowest BCUT2D eigenvalue weighted by atomic mass is 9.67. The summed E-state index contributed by atoms with van der Waals surface area (Å²) in [6.07, 6.45) is 4.06. The molecule has 0 aliphatic heterocycles. The van der Waals surface area contributed by atoms with Crippen LogP contribution in [0.1, 0.15) is 45.1 Å². The van der Waals surface area contributed by atoms with Crippen molar-refractivity contribution >= 4 is 10.8 Å². The second-order valence-electron chi connectivity index (χ2n) is 6.79. The molecule has 0 spiro atoms. The van der Waals surface area contributed by atoms with Crippen molar-refractivity contribution in [3.63, 3.8) is 0 Å². The Morgan fingerprint density at radius 2 is 1.68 bits per heavy atom. The molecule has 1 N–H and O–H groups in total. The first kappa shape index (κ1) is 12.7. The molecule has 0 radical (unpaired) electrons. The van der Waals surface area contributed by atoms with Crippen molar-refractivity contribution in [2.45, 2.75) is 45.1 Å². The van der Waals surface area contributed by atoms with Gasteiger partial charge in [0.15, 0.2) is 0 Å². The second kappa shape index (κ2) is 4.35. The molecule has 1 unspecified atom stereocenters. The molecule has 0 heterocycles. The molecule has 1 aliphatic carbocycles. The van der Waals surface area contributed by atoms with E-state index < -0.39 is 5.60 Å². The monoisotopic (exact) mass is 254 g/mol. The summed E-state index contributed by atoms with van der Waals surface area (Å²) in [5, 5.41) is 13.5. The highest BCUT2D eigenvalue weighted by molar-refractivity contribution is 5.83. The van der Waals surface area contributed by atoms with E-state index in [1.165, 1.54) is 17.2 Å². The number of fused-ring (bicyclic) bond motifs is 1. The summed E-state index contributed by atoms with van der Waals surface area (Å²) in [4.78, 5) is 0. The Bertz CT molecular complexity index is 599. The Balaban J connectivity index is 2.03. The van der Waals surface area contributed by atoms with Crippen molar-refractivity contribution in [2.24, 2.45) is 5.41 Å². The van der Waals surface area contributed by atoms with E-state index in [4.69, 9.17) is 0 Å². The van der Waals surface area contributed by atoms with Gasteiger partial charge in [0.1, 0.15) is 0 Å². The van der Waals surface area contributed by atoms with Crippen LogP contribution < -0.4 is 0 Å². The smallest absolute Gasteiger partial charge is 0.0901 e. The third-order valence-electron chi connectivity index (χ3n) is 4.50. The SMILES string of the molecule is CC1(C)CCCC(O)(c2ccc3ccccc3c2)C1. The first-order chi connectivity index (χ1) is 8.99. The molecule has 1 saturated carbocycles. The highest BCUT2D eigenvalue weighted by Gasteiger charge is 2.39. The molecule has 1 heteroatoms. The maximum Gasteiger partial charge on any atom is 0.0901 e. The highest BCUT2D eigenvalue weighted by Crippen LogP contribution is 2.46. The van der Waals surface area contributed by atoms with Crippen LogP contribution >= 0.6 is 0 Å². The molecule has 2 aromatic carbocycles. The van der Waals surface area contributed by atoms with Crippen molar-refractivity contribution in [3.8, 4) is 0 Å². The lowest BCUT2D eigenvalue weighted by Crippen LogP contribution is -2.36. The van der Waals surface area contributed by atoms with Crippen LogP contribution in [0.2, 0.25) is 0 Å². The number of rotatable bonds is 1. The van der Waals surface area contributed by atoms with Gasteiger partial charge in [-0.25, -0.2) is 0 Å². The quantitative estimate of drug-likeness (QED) is 0.786. The van der Waals surface area contributed by atoms with Gasteiger partial charge >= 0.3 is 0 Å². The molecule has 1 fully saturated rings. The van der Waals surface area contributed by atoms with Crippen LogP contribution in [0.15, 0.2) is 42.5 Å². The fourth-order valence-corrected chi connectivity index (χ4v) is 3.55. The molecule has 0 amide bonds. The van der Waals surface area contributed by atoms with Gasteiger partial charge in [-0.05, 0) is 53.5 Å². The summed E-state index contributed by atoms with van der Waals surface area (Å²) in [6.45, 7) is 4.52. The zero-order chi connectivity index (χ0) is 13.5. The number of hydrogen-bond acceptors (Lipinski definition) is 1. The van der Waals surface area contributed by atoms with Gasteiger partial charge in [-0.3, -0.25) is 0 Å². The lowest BCUT2D eigenvalue weighted by Gasteiger charge is -2.42. The first-order valence-corrected chi connectivity index (χ1v) is 7.20. The summed E-state index contributed by atoms with van der Waals surface area (Å²) in [5.74, 6) is 0. The highest BCUT2D eigenvalue weighted by atomic mass is 16.3. The largest absolute Gasteiger partial charge is 0.385 e. The van der Waals surface area contributed by atoms with Crippen LogP contribution in [0.3, 0.4) is 0 Å². The van der Waals surface area contributed by atoms with Crippen molar-refractivity contribution in [3.05, 3.63) is 48.0 Å². The third kappa shape index (κ3) is 2.40. The van der Waals surface area contributed by atoms with Crippen LogP contribution in [0.5, 0.6) is 0 Å². The van der Waals surface area contributed by atoms with Crippen molar-refractivity contribution < 1.29 is 5.11 Å². The van der Waals surface area contributed by atoms with Gasteiger partial charge in [-0.1, -0.05) is 50.2 Å². The maximum absolute atomic E-state index is 11.0. The van der Waals surface area contributed by atoms with Gasteiger partial charge in [-0.2, -0.15) is 0 Å². The van der Waals surface area contributed by atoms with Crippen LogP contribution in [0.25, 0.3) is 10.8 Å². The molecule has 19 heavy (non-hydrogen) atoms. The third-order valence-corrected chi connectivity index (χ3v) is 4.50. The minimum atomic E-state index is -0.647. The Kier molecular flexibility index (Phi) is 2.90. The average Bonchev–Trinajstić information content (AvgIpc) is 2.36. The lowest BCUT2D eigenvalue weighted by molar-refractivity contribution is -0.0439. The molecule has 1 atom stereocenters. The van der Waals surface area contributed by atoms with E-state index in [0.29, 0.717) is 0 Å². The Morgan fingerprint density at radius 3 is 2.42 bits per heavy atom. The fourth-order valence-electron chi connectivity index (χ4n) is 3.55. The summed E-state index contributed by atoms with van der Waals surface area (Å²) < 4.78 is 0. The van der Waals surface area contributed by atoms with Crippen molar-refractivity contribution in [1.29, 1.82) is 0 Å². The standard InChI is InChI=1S/C18H22O/c1-17(2)10-5-11-18(19,13-17)16-9-8-14-6-3-4-7-15(14)12-16/h3-4,6-9,12,19H,5,10-11,13H2,1-2H3. The van der Waals surface area contributed by atoms with Gasteiger partial charge in [0.2, 0.25) is 0 Å². The Hall–Kier alpha value is -1.34. The molecule has 0 saturated heterocycles. The summed E-state index contributed by atoms with van der Waals surface area (Å²) in [5.41, 5.74) is 0.670. The van der Waals surface area contributed by atoms with Gasteiger partial charge in [0.05, 0.1) is 5.60 Å². The van der Waals surface area contributed by atoms with E-state index in [-0.39, 0.29) is 5.41 Å². The summed E-state index contributed by atoms with van der Waals surface area (Å²) in [6, 6.07) is 14.7. The molecule has 0 aromatic heterocycles. The predicted octanol–water partition coefficient (Wildman–Crippen LogP) is 4.63. The van der Waals surface area contributed by atoms with E-state index in [1.54, 1.807) is 0 Å². The van der Waals surface area contributed by atoms with Crippen molar-refractivity contribution in [2.75, 3.05) is 0 Å². The Labute approximate surface area is 115 Å². The topological polar surface area (TPSA) is 20.2 Å². The average molecular weight is 254 g/mol. The van der Waals surface area contributed by atoms with Gasteiger partial charge in [-0.15, -0.1) is 0 Å². The minimum Gasteiger partial charge on any atom is -0.385 e. The zero-order valence-corrected chi connectivity index (χ0v) is 11.8. The number of benzene rings is 2. The summed E-state index contributed by atoms with van der Waals surface area (Å²) in [7, 11) is 0. The van der Waals surface area contributed by atoms with E-state index in [0.717, 1.165) is 24.8 Å². The minimum absolute atomic E-state index is 0.235. The molecule has 3 rings (SSSR count). The van der Waals surface area contributed by atoms with E-state index in [2.05, 4.69) is 56.3 Å². The van der Waals surface area contributed by atoms with E-state index in [1.807, 2.05) is 0 Å². The molecular formula is C18H22O. The Morgan fingerprint density at radius 1 is 0.947 bits per heavy atom. The molecular weight excluding hydrogens is 232 g/mol. The molecule has 100 valence electrons. The van der Waals surface area contributed by atoms with E-state index in [9.17, 15) is 5.11 Å². The van der Waals surface area contributed by atoms with Crippen molar-refractivity contribution in [1.82, 2.24) is 0 Å². The van der Waals surface area contributed by atoms with Crippen LogP contribution in [0.4, 0.5) is 0 Å².